The van der Waals surface area contributed by atoms with E-state index in [1.807, 2.05) is 36.7 Å². The fourth-order valence-electron chi connectivity index (χ4n) is 3.40. The summed E-state index contributed by atoms with van der Waals surface area (Å²) in [7, 11) is 1.94. The predicted octanol–water partition coefficient (Wildman–Crippen LogP) is 3.25. The highest BCUT2D eigenvalue weighted by atomic mass is 16.3. The van der Waals surface area contributed by atoms with Crippen LogP contribution in [0.1, 0.15) is 69.7 Å². The van der Waals surface area contributed by atoms with Crippen molar-refractivity contribution in [1.29, 1.82) is 0 Å². The monoisotopic (exact) mass is 400 g/mol. The standard InChI is InChI=1S/C22H36N6O/c1-6-13-22(29,14-7-2)16-24-21(23-15-20-27-26-18(4)28(20)5)25-17(3)19-11-9-8-10-12-19/h8-12,17,29H,6-7,13-16H2,1-5H3,(H2,23,24,25). The summed E-state index contributed by atoms with van der Waals surface area (Å²) in [5.41, 5.74) is 0.442. The van der Waals surface area contributed by atoms with E-state index in [0.717, 1.165) is 37.3 Å². The maximum atomic E-state index is 11.0. The first-order valence-corrected chi connectivity index (χ1v) is 10.6. The minimum absolute atomic E-state index is 0.0779. The molecule has 1 aromatic heterocycles. The summed E-state index contributed by atoms with van der Waals surface area (Å²) < 4.78 is 1.94. The van der Waals surface area contributed by atoms with E-state index in [2.05, 4.69) is 53.7 Å². The normalized spacial score (nSPS) is 13.4. The number of aryl methyl sites for hydroxylation is 1. The molecule has 0 fully saturated rings. The van der Waals surface area contributed by atoms with E-state index in [1.165, 1.54) is 5.56 Å². The van der Waals surface area contributed by atoms with Crippen molar-refractivity contribution in [2.75, 3.05) is 6.54 Å². The van der Waals surface area contributed by atoms with Crippen molar-refractivity contribution in [3.8, 4) is 0 Å². The van der Waals surface area contributed by atoms with Crippen molar-refractivity contribution >= 4 is 5.96 Å². The first-order valence-electron chi connectivity index (χ1n) is 10.6. The molecule has 2 rings (SSSR count). The SMILES string of the molecule is CCCC(O)(CCC)CNC(=NCc1nnc(C)n1C)NC(C)c1ccccc1. The molecule has 0 saturated carbocycles. The maximum absolute atomic E-state index is 11.0. The van der Waals surface area contributed by atoms with Gasteiger partial charge in [-0.05, 0) is 32.3 Å². The molecule has 1 heterocycles. The van der Waals surface area contributed by atoms with Gasteiger partial charge in [0, 0.05) is 13.6 Å². The fourth-order valence-corrected chi connectivity index (χ4v) is 3.40. The number of benzene rings is 1. The van der Waals surface area contributed by atoms with Crippen LogP contribution in [0.2, 0.25) is 0 Å². The summed E-state index contributed by atoms with van der Waals surface area (Å²) in [6.45, 7) is 9.09. The molecule has 2 aromatic rings. The molecule has 0 aliphatic rings. The Morgan fingerprint density at radius 2 is 1.83 bits per heavy atom. The second kappa shape index (κ2) is 11.0. The molecule has 0 aliphatic carbocycles. The van der Waals surface area contributed by atoms with E-state index < -0.39 is 5.60 Å². The number of hydrogen-bond acceptors (Lipinski definition) is 4. The predicted molar refractivity (Wildman–Crippen MR) is 118 cm³/mol. The lowest BCUT2D eigenvalue weighted by Gasteiger charge is -2.29. The van der Waals surface area contributed by atoms with Crippen LogP contribution in [0.5, 0.6) is 0 Å². The van der Waals surface area contributed by atoms with Crippen molar-refractivity contribution in [2.24, 2.45) is 12.0 Å². The summed E-state index contributed by atoms with van der Waals surface area (Å²) in [5, 5.41) is 26.1. The average Bonchev–Trinajstić information content (AvgIpc) is 3.03. The zero-order chi connectivity index (χ0) is 21.3. The molecule has 1 unspecified atom stereocenters. The number of aliphatic hydroxyl groups is 1. The first-order chi connectivity index (χ1) is 13.9. The Hall–Kier alpha value is -2.41. The largest absolute Gasteiger partial charge is 0.388 e. The van der Waals surface area contributed by atoms with Crippen LogP contribution in [0.3, 0.4) is 0 Å². The Morgan fingerprint density at radius 3 is 2.38 bits per heavy atom. The molecule has 1 atom stereocenters. The molecule has 0 aliphatic heterocycles. The van der Waals surface area contributed by atoms with Crippen LogP contribution in [0.4, 0.5) is 0 Å². The summed E-state index contributed by atoms with van der Waals surface area (Å²) in [5.74, 6) is 2.32. The summed E-state index contributed by atoms with van der Waals surface area (Å²) >= 11 is 0. The zero-order valence-corrected chi connectivity index (χ0v) is 18.4. The summed E-state index contributed by atoms with van der Waals surface area (Å²) in [6, 6.07) is 10.3. The van der Waals surface area contributed by atoms with Crippen molar-refractivity contribution in [2.45, 2.75) is 71.6 Å². The minimum atomic E-state index is -0.733. The molecule has 29 heavy (non-hydrogen) atoms. The highest BCUT2D eigenvalue weighted by molar-refractivity contribution is 5.80. The molecular formula is C22H36N6O. The third kappa shape index (κ3) is 6.85. The molecular weight excluding hydrogens is 364 g/mol. The van der Waals surface area contributed by atoms with Gasteiger partial charge in [0.05, 0.1) is 11.6 Å². The van der Waals surface area contributed by atoms with Crippen molar-refractivity contribution < 1.29 is 5.11 Å². The van der Waals surface area contributed by atoms with Crippen LogP contribution < -0.4 is 10.6 Å². The molecule has 0 radical (unpaired) electrons. The van der Waals surface area contributed by atoms with Crippen LogP contribution in [0.25, 0.3) is 0 Å². The van der Waals surface area contributed by atoms with Gasteiger partial charge in [-0.2, -0.15) is 0 Å². The summed E-state index contributed by atoms with van der Waals surface area (Å²) in [6.07, 6.45) is 3.41. The molecule has 3 N–H and O–H groups in total. The molecule has 0 bridgehead atoms. The van der Waals surface area contributed by atoms with Gasteiger partial charge in [0.1, 0.15) is 12.4 Å². The molecule has 7 nitrogen and oxygen atoms in total. The van der Waals surface area contributed by atoms with Gasteiger partial charge < -0.3 is 20.3 Å². The second-order valence-electron chi connectivity index (χ2n) is 7.74. The topological polar surface area (TPSA) is 87.4 Å². The number of aliphatic imine (C=N–C) groups is 1. The van der Waals surface area contributed by atoms with E-state index in [-0.39, 0.29) is 6.04 Å². The second-order valence-corrected chi connectivity index (χ2v) is 7.74. The van der Waals surface area contributed by atoms with Crippen LogP contribution in [0.15, 0.2) is 35.3 Å². The van der Waals surface area contributed by atoms with E-state index in [9.17, 15) is 5.11 Å². The van der Waals surface area contributed by atoms with Gasteiger partial charge in [-0.1, -0.05) is 57.0 Å². The van der Waals surface area contributed by atoms with Crippen LogP contribution in [-0.2, 0) is 13.6 Å². The van der Waals surface area contributed by atoms with Gasteiger partial charge >= 0.3 is 0 Å². The van der Waals surface area contributed by atoms with Crippen molar-refractivity contribution in [1.82, 2.24) is 25.4 Å². The van der Waals surface area contributed by atoms with Crippen LogP contribution in [-0.4, -0.2) is 38.0 Å². The van der Waals surface area contributed by atoms with E-state index in [0.29, 0.717) is 19.0 Å². The Bertz CT molecular complexity index is 765. The Kier molecular flexibility index (Phi) is 8.64. The molecule has 0 saturated heterocycles. The molecule has 7 heteroatoms. The van der Waals surface area contributed by atoms with Crippen molar-refractivity contribution in [3.05, 3.63) is 47.5 Å². The fraction of sp³-hybridized carbons (Fsp3) is 0.591. The number of nitrogens with zero attached hydrogens (tertiary/aromatic N) is 4. The number of aromatic nitrogens is 3. The number of nitrogens with one attached hydrogen (secondary N) is 2. The third-order valence-corrected chi connectivity index (χ3v) is 5.23. The Balaban J connectivity index is 2.15. The average molecular weight is 401 g/mol. The highest BCUT2D eigenvalue weighted by Gasteiger charge is 2.25. The lowest BCUT2D eigenvalue weighted by Crippen LogP contribution is -2.47. The van der Waals surface area contributed by atoms with Crippen LogP contribution >= 0.6 is 0 Å². The third-order valence-electron chi connectivity index (χ3n) is 5.23. The number of hydrogen-bond donors (Lipinski definition) is 3. The smallest absolute Gasteiger partial charge is 0.192 e. The van der Waals surface area contributed by atoms with Gasteiger partial charge in [-0.15, -0.1) is 10.2 Å². The van der Waals surface area contributed by atoms with Gasteiger partial charge in [-0.25, -0.2) is 4.99 Å². The zero-order valence-electron chi connectivity index (χ0n) is 18.4. The lowest BCUT2D eigenvalue weighted by atomic mass is 9.93. The quantitative estimate of drug-likeness (QED) is 0.421. The number of rotatable bonds is 10. The van der Waals surface area contributed by atoms with Gasteiger partial charge in [0.15, 0.2) is 11.8 Å². The van der Waals surface area contributed by atoms with Gasteiger partial charge in [0.2, 0.25) is 0 Å². The first kappa shape index (κ1) is 22.9. The molecule has 1 aromatic carbocycles. The lowest BCUT2D eigenvalue weighted by molar-refractivity contribution is 0.0257. The highest BCUT2D eigenvalue weighted by Crippen LogP contribution is 2.18. The minimum Gasteiger partial charge on any atom is -0.388 e. The Morgan fingerprint density at radius 1 is 1.17 bits per heavy atom. The maximum Gasteiger partial charge on any atom is 0.192 e. The van der Waals surface area contributed by atoms with E-state index in [1.54, 1.807) is 0 Å². The van der Waals surface area contributed by atoms with Crippen LogP contribution in [0, 0.1) is 6.92 Å². The van der Waals surface area contributed by atoms with Gasteiger partial charge in [-0.3, -0.25) is 0 Å². The Labute approximate surface area is 174 Å². The van der Waals surface area contributed by atoms with E-state index >= 15 is 0 Å². The molecule has 0 spiro atoms. The van der Waals surface area contributed by atoms with Crippen molar-refractivity contribution in [3.63, 3.8) is 0 Å². The summed E-state index contributed by atoms with van der Waals surface area (Å²) in [4.78, 5) is 4.72. The number of guanidine groups is 1. The van der Waals surface area contributed by atoms with Gasteiger partial charge in [0.25, 0.3) is 0 Å². The molecule has 0 amide bonds. The molecule has 160 valence electrons. The van der Waals surface area contributed by atoms with E-state index in [4.69, 9.17) is 4.99 Å².